The number of methoxy groups -OCH3 is 1. The standard InChI is InChI=1S/C10H10BrNO4/c1-16-7-3-2-5(11)4-6(7)9(13)8(12)10(14)15/h2-4,8H,12H2,1H3,(H,14,15). The van der Waals surface area contributed by atoms with Gasteiger partial charge in [0, 0.05) is 4.47 Å². The molecule has 0 aliphatic carbocycles. The summed E-state index contributed by atoms with van der Waals surface area (Å²) in [5.74, 6) is -1.76. The van der Waals surface area contributed by atoms with Crippen molar-refractivity contribution in [1.82, 2.24) is 0 Å². The molecule has 0 heterocycles. The Bertz CT molecular complexity index is 433. The molecule has 16 heavy (non-hydrogen) atoms. The van der Waals surface area contributed by atoms with Gasteiger partial charge in [0.25, 0.3) is 0 Å². The summed E-state index contributed by atoms with van der Waals surface area (Å²) in [6.07, 6.45) is 0. The van der Waals surface area contributed by atoms with Crippen molar-refractivity contribution < 1.29 is 19.4 Å². The average molecular weight is 288 g/mol. The number of carbonyl (C=O) groups is 2. The lowest BCUT2D eigenvalue weighted by Crippen LogP contribution is -2.38. The van der Waals surface area contributed by atoms with Crippen LogP contribution in [0.4, 0.5) is 0 Å². The Kier molecular flexibility index (Phi) is 4.03. The van der Waals surface area contributed by atoms with Gasteiger partial charge < -0.3 is 15.6 Å². The highest BCUT2D eigenvalue weighted by atomic mass is 79.9. The quantitative estimate of drug-likeness (QED) is 0.638. The number of benzene rings is 1. The predicted molar refractivity (Wildman–Crippen MR) is 60.6 cm³/mol. The molecule has 3 N–H and O–H groups in total. The number of aliphatic carboxylic acids is 1. The molecule has 0 aliphatic heterocycles. The van der Waals surface area contributed by atoms with E-state index in [9.17, 15) is 9.59 Å². The molecule has 1 atom stereocenters. The van der Waals surface area contributed by atoms with Crippen LogP contribution in [-0.2, 0) is 4.79 Å². The molecule has 0 aliphatic rings. The summed E-state index contributed by atoms with van der Waals surface area (Å²) in [5.41, 5.74) is 5.39. The summed E-state index contributed by atoms with van der Waals surface area (Å²) >= 11 is 3.18. The van der Waals surface area contributed by atoms with Crippen LogP contribution < -0.4 is 10.5 Å². The number of hydrogen-bond acceptors (Lipinski definition) is 4. The van der Waals surface area contributed by atoms with Gasteiger partial charge in [-0.25, -0.2) is 0 Å². The molecular weight excluding hydrogens is 278 g/mol. The number of halogens is 1. The molecule has 1 aromatic carbocycles. The van der Waals surface area contributed by atoms with Crippen molar-refractivity contribution in [2.75, 3.05) is 7.11 Å². The Balaban J connectivity index is 3.16. The molecule has 5 nitrogen and oxygen atoms in total. The Labute approximate surface area is 100 Å². The molecule has 0 radical (unpaired) electrons. The number of carbonyl (C=O) groups excluding carboxylic acids is 1. The van der Waals surface area contributed by atoms with Crippen LogP contribution in [0.2, 0.25) is 0 Å². The zero-order valence-corrected chi connectivity index (χ0v) is 10.0. The molecule has 6 heteroatoms. The van der Waals surface area contributed by atoms with E-state index in [4.69, 9.17) is 15.6 Å². The van der Waals surface area contributed by atoms with E-state index >= 15 is 0 Å². The number of ketones is 1. The maximum atomic E-state index is 11.7. The summed E-state index contributed by atoms with van der Waals surface area (Å²) in [5, 5.41) is 8.65. The van der Waals surface area contributed by atoms with Crippen molar-refractivity contribution in [3.8, 4) is 5.75 Å². The third-order valence-electron chi connectivity index (χ3n) is 1.98. The van der Waals surface area contributed by atoms with Gasteiger partial charge in [-0.3, -0.25) is 9.59 Å². The summed E-state index contributed by atoms with van der Waals surface area (Å²) in [6, 6.07) is 3.14. The van der Waals surface area contributed by atoms with Crippen LogP contribution in [0, 0.1) is 0 Å². The number of rotatable bonds is 4. The largest absolute Gasteiger partial charge is 0.496 e. The minimum Gasteiger partial charge on any atom is -0.496 e. The smallest absolute Gasteiger partial charge is 0.328 e. The van der Waals surface area contributed by atoms with E-state index in [2.05, 4.69) is 15.9 Å². The molecule has 1 aromatic rings. The number of Topliss-reactive ketones (excluding diaryl/α,β-unsaturated/α-hetero) is 1. The normalized spacial score (nSPS) is 11.9. The number of carboxylic acids is 1. The summed E-state index contributed by atoms with van der Waals surface area (Å²) in [7, 11) is 1.40. The van der Waals surface area contributed by atoms with Gasteiger partial charge in [-0.05, 0) is 18.2 Å². The van der Waals surface area contributed by atoms with Gasteiger partial charge in [-0.2, -0.15) is 0 Å². The third kappa shape index (κ3) is 2.59. The summed E-state index contributed by atoms with van der Waals surface area (Å²) in [6.45, 7) is 0. The lowest BCUT2D eigenvalue weighted by Gasteiger charge is -2.10. The van der Waals surface area contributed by atoms with Crippen LogP contribution >= 0.6 is 15.9 Å². The van der Waals surface area contributed by atoms with Crippen molar-refractivity contribution in [3.63, 3.8) is 0 Å². The molecule has 0 spiro atoms. The molecular formula is C10H10BrNO4. The Morgan fingerprint density at radius 1 is 1.50 bits per heavy atom. The molecule has 0 fully saturated rings. The molecule has 0 saturated heterocycles. The first kappa shape index (κ1) is 12.7. The van der Waals surface area contributed by atoms with Crippen molar-refractivity contribution >= 4 is 27.7 Å². The Hall–Kier alpha value is -1.40. The van der Waals surface area contributed by atoms with E-state index in [1.165, 1.54) is 13.2 Å². The highest BCUT2D eigenvalue weighted by molar-refractivity contribution is 9.10. The number of carboxylic acid groups (broad SMARTS) is 1. The minimum absolute atomic E-state index is 0.145. The fourth-order valence-electron chi connectivity index (χ4n) is 1.15. The molecule has 86 valence electrons. The van der Waals surface area contributed by atoms with E-state index in [0.29, 0.717) is 10.2 Å². The third-order valence-corrected chi connectivity index (χ3v) is 2.47. The van der Waals surface area contributed by atoms with Crippen LogP contribution in [0.15, 0.2) is 22.7 Å². The maximum absolute atomic E-state index is 11.7. The molecule has 0 amide bonds. The second kappa shape index (κ2) is 5.09. The summed E-state index contributed by atoms with van der Waals surface area (Å²) in [4.78, 5) is 22.3. The van der Waals surface area contributed by atoms with E-state index in [0.717, 1.165) is 0 Å². The van der Waals surface area contributed by atoms with Crippen LogP contribution in [-0.4, -0.2) is 30.0 Å². The SMILES string of the molecule is COc1ccc(Br)cc1C(=O)C(N)C(=O)O. The van der Waals surface area contributed by atoms with Gasteiger partial charge in [0.1, 0.15) is 5.75 Å². The number of nitrogens with two attached hydrogens (primary N) is 1. The predicted octanol–water partition coefficient (Wildman–Crippen LogP) is 1.05. The zero-order valence-electron chi connectivity index (χ0n) is 8.44. The zero-order chi connectivity index (χ0) is 12.3. The fourth-order valence-corrected chi connectivity index (χ4v) is 1.51. The van der Waals surface area contributed by atoms with Crippen LogP contribution in [0.3, 0.4) is 0 Å². The van der Waals surface area contributed by atoms with Crippen LogP contribution in [0.25, 0.3) is 0 Å². The Morgan fingerprint density at radius 2 is 2.12 bits per heavy atom. The van der Waals surface area contributed by atoms with Gasteiger partial charge in [-0.1, -0.05) is 15.9 Å². The lowest BCUT2D eigenvalue weighted by molar-refractivity contribution is -0.137. The van der Waals surface area contributed by atoms with Crippen molar-refractivity contribution in [2.45, 2.75) is 6.04 Å². The van der Waals surface area contributed by atoms with E-state index < -0.39 is 17.8 Å². The van der Waals surface area contributed by atoms with Crippen molar-refractivity contribution in [2.24, 2.45) is 5.73 Å². The molecule has 0 aromatic heterocycles. The fraction of sp³-hybridized carbons (Fsp3) is 0.200. The van der Waals surface area contributed by atoms with Crippen molar-refractivity contribution in [3.05, 3.63) is 28.2 Å². The first-order valence-corrected chi connectivity index (χ1v) is 5.12. The van der Waals surface area contributed by atoms with Gasteiger partial charge in [-0.15, -0.1) is 0 Å². The van der Waals surface area contributed by atoms with Gasteiger partial charge in [0.2, 0.25) is 0 Å². The van der Waals surface area contributed by atoms with Crippen LogP contribution in [0.5, 0.6) is 5.75 Å². The molecule has 0 saturated carbocycles. The lowest BCUT2D eigenvalue weighted by atomic mass is 10.0. The molecule has 0 bridgehead atoms. The van der Waals surface area contributed by atoms with Gasteiger partial charge in [0.05, 0.1) is 12.7 Å². The second-order valence-electron chi connectivity index (χ2n) is 3.02. The van der Waals surface area contributed by atoms with E-state index in [-0.39, 0.29) is 5.56 Å². The summed E-state index contributed by atoms with van der Waals surface area (Å²) < 4.78 is 5.61. The second-order valence-corrected chi connectivity index (χ2v) is 3.94. The van der Waals surface area contributed by atoms with E-state index in [1.807, 2.05) is 0 Å². The number of hydrogen-bond donors (Lipinski definition) is 2. The van der Waals surface area contributed by atoms with Crippen LogP contribution in [0.1, 0.15) is 10.4 Å². The van der Waals surface area contributed by atoms with Gasteiger partial charge >= 0.3 is 5.97 Å². The first-order chi connectivity index (χ1) is 7.47. The monoisotopic (exact) mass is 287 g/mol. The highest BCUT2D eigenvalue weighted by Gasteiger charge is 2.25. The molecule has 1 unspecified atom stereocenters. The minimum atomic E-state index is -1.58. The van der Waals surface area contributed by atoms with Crippen molar-refractivity contribution in [1.29, 1.82) is 0 Å². The maximum Gasteiger partial charge on any atom is 0.328 e. The average Bonchev–Trinajstić information content (AvgIpc) is 2.26. The number of ether oxygens (including phenoxy) is 1. The van der Waals surface area contributed by atoms with E-state index in [1.54, 1.807) is 12.1 Å². The first-order valence-electron chi connectivity index (χ1n) is 4.33. The molecule has 1 rings (SSSR count). The topological polar surface area (TPSA) is 89.6 Å². The van der Waals surface area contributed by atoms with Gasteiger partial charge in [0.15, 0.2) is 11.8 Å². The Morgan fingerprint density at radius 3 is 2.62 bits per heavy atom. The highest BCUT2D eigenvalue weighted by Crippen LogP contribution is 2.23.